The molecule has 1 rings (SSSR count). The molecule has 16 heavy (non-hydrogen) atoms. The van der Waals surface area contributed by atoms with Crippen molar-refractivity contribution in [2.45, 2.75) is 33.1 Å². The van der Waals surface area contributed by atoms with Gasteiger partial charge in [-0.15, -0.1) is 0 Å². The van der Waals surface area contributed by atoms with Gasteiger partial charge in [-0.25, -0.2) is 0 Å². The van der Waals surface area contributed by atoms with E-state index in [1.165, 1.54) is 11.1 Å². The molecule has 0 saturated heterocycles. The molecular weight excluding hydrogens is 268 g/mol. The third-order valence-corrected chi connectivity index (χ3v) is 3.54. The van der Waals surface area contributed by atoms with Crippen LogP contribution in [0.25, 0.3) is 0 Å². The highest BCUT2D eigenvalue weighted by Gasteiger charge is 2.18. The molecule has 1 aromatic rings. The molecule has 0 radical (unpaired) electrons. The summed E-state index contributed by atoms with van der Waals surface area (Å²) in [5.74, 6) is 1.03. The highest BCUT2D eigenvalue weighted by Crippen LogP contribution is 2.38. The fourth-order valence-corrected chi connectivity index (χ4v) is 2.66. The van der Waals surface area contributed by atoms with Gasteiger partial charge in [-0.3, -0.25) is 0 Å². The van der Waals surface area contributed by atoms with Crippen molar-refractivity contribution in [3.8, 4) is 5.75 Å². The zero-order valence-electron chi connectivity index (χ0n) is 10.1. The lowest BCUT2D eigenvalue weighted by Crippen LogP contribution is -2.03. The number of carbonyl (C=O) groups is 1. The summed E-state index contributed by atoms with van der Waals surface area (Å²) in [5.41, 5.74) is 3.54. The molecule has 0 aliphatic carbocycles. The number of methoxy groups -OCH3 is 1. The van der Waals surface area contributed by atoms with Crippen LogP contribution in [-0.2, 0) is 4.79 Å². The quantitative estimate of drug-likeness (QED) is 0.787. The van der Waals surface area contributed by atoms with E-state index in [2.05, 4.69) is 29.8 Å². The normalized spacial score (nSPS) is 12.3. The van der Waals surface area contributed by atoms with Gasteiger partial charge in [0, 0.05) is 12.0 Å². The molecule has 0 amide bonds. The van der Waals surface area contributed by atoms with E-state index >= 15 is 0 Å². The van der Waals surface area contributed by atoms with Gasteiger partial charge in [-0.05, 0) is 52.9 Å². The second-order valence-corrected chi connectivity index (χ2v) is 4.90. The summed E-state index contributed by atoms with van der Waals surface area (Å²) in [6.07, 6.45) is 1.48. The Kier molecular flexibility index (Phi) is 4.54. The molecule has 1 aromatic carbocycles. The first-order valence-corrected chi connectivity index (χ1v) is 6.09. The van der Waals surface area contributed by atoms with Crippen molar-refractivity contribution < 1.29 is 9.53 Å². The number of hydrogen-bond acceptors (Lipinski definition) is 2. The third kappa shape index (κ3) is 2.46. The summed E-state index contributed by atoms with van der Waals surface area (Å²) >= 11 is 3.50. The van der Waals surface area contributed by atoms with Gasteiger partial charge in [-0.2, -0.15) is 0 Å². The highest BCUT2D eigenvalue weighted by atomic mass is 79.9. The first kappa shape index (κ1) is 13.2. The van der Waals surface area contributed by atoms with Crippen LogP contribution in [0.2, 0.25) is 0 Å². The van der Waals surface area contributed by atoms with Gasteiger partial charge in [0.2, 0.25) is 0 Å². The zero-order valence-corrected chi connectivity index (χ0v) is 11.7. The first-order valence-electron chi connectivity index (χ1n) is 5.30. The van der Waals surface area contributed by atoms with Crippen molar-refractivity contribution in [2.24, 2.45) is 0 Å². The minimum absolute atomic E-state index is 0.184. The molecule has 0 bridgehead atoms. The Morgan fingerprint density at radius 2 is 2.12 bits per heavy atom. The van der Waals surface area contributed by atoms with Crippen molar-refractivity contribution in [1.82, 2.24) is 0 Å². The number of halogens is 1. The van der Waals surface area contributed by atoms with E-state index in [0.29, 0.717) is 6.42 Å². The summed E-state index contributed by atoms with van der Waals surface area (Å²) in [5, 5.41) is 0. The lowest BCUT2D eigenvalue weighted by Gasteiger charge is -2.19. The van der Waals surface area contributed by atoms with Crippen molar-refractivity contribution in [3.63, 3.8) is 0 Å². The minimum atomic E-state index is 0.184. The molecule has 0 fully saturated rings. The van der Waals surface area contributed by atoms with E-state index in [1.807, 2.05) is 13.0 Å². The molecule has 2 nitrogen and oxygen atoms in total. The van der Waals surface area contributed by atoms with Gasteiger partial charge in [0.25, 0.3) is 0 Å². The number of ether oxygens (including phenoxy) is 1. The van der Waals surface area contributed by atoms with Crippen molar-refractivity contribution in [2.75, 3.05) is 7.11 Å². The first-order chi connectivity index (χ1) is 7.52. The molecule has 0 N–H and O–H groups in total. The SMILES string of the molecule is COc1c(Br)cc(C)c(C)c1C(C)CC=O. The second-order valence-electron chi connectivity index (χ2n) is 4.05. The molecule has 0 aliphatic rings. The number of carbonyl (C=O) groups excluding carboxylic acids is 1. The Labute approximate surface area is 105 Å². The predicted molar refractivity (Wildman–Crippen MR) is 69.3 cm³/mol. The van der Waals surface area contributed by atoms with Crippen LogP contribution in [0, 0.1) is 13.8 Å². The molecule has 0 saturated carbocycles. The van der Waals surface area contributed by atoms with Crippen LogP contribution in [0.15, 0.2) is 10.5 Å². The van der Waals surface area contributed by atoms with Crippen LogP contribution in [0.5, 0.6) is 5.75 Å². The fourth-order valence-electron chi connectivity index (χ4n) is 1.94. The Bertz CT molecular complexity index is 399. The smallest absolute Gasteiger partial charge is 0.136 e. The van der Waals surface area contributed by atoms with Gasteiger partial charge >= 0.3 is 0 Å². The average Bonchev–Trinajstić information content (AvgIpc) is 2.23. The van der Waals surface area contributed by atoms with E-state index in [4.69, 9.17) is 4.74 Å². The molecule has 0 spiro atoms. The van der Waals surface area contributed by atoms with Gasteiger partial charge in [-0.1, -0.05) is 6.92 Å². The van der Waals surface area contributed by atoms with E-state index in [9.17, 15) is 4.79 Å². The molecule has 1 atom stereocenters. The molecule has 0 heterocycles. The van der Waals surface area contributed by atoms with Gasteiger partial charge < -0.3 is 9.53 Å². The van der Waals surface area contributed by atoms with Crippen molar-refractivity contribution >= 4 is 22.2 Å². The van der Waals surface area contributed by atoms with Crippen LogP contribution in [0.1, 0.15) is 36.0 Å². The molecule has 0 aliphatic heterocycles. The highest BCUT2D eigenvalue weighted by molar-refractivity contribution is 9.10. The van der Waals surface area contributed by atoms with Crippen LogP contribution in [-0.4, -0.2) is 13.4 Å². The molecular formula is C13H17BrO2. The van der Waals surface area contributed by atoms with Crippen LogP contribution >= 0.6 is 15.9 Å². The van der Waals surface area contributed by atoms with Gasteiger partial charge in [0.15, 0.2) is 0 Å². The number of benzene rings is 1. The van der Waals surface area contributed by atoms with Crippen molar-refractivity contribution in [1.29, 1.82) is 0 Å². The Morgan fingerprint density at radius 3 is 2.62 bits per heavy atom. The molecule has 88 valence electrons. The van der Waals surface area contributed by atoms with Crippen LogP contribution in [0.4, 0.5) is 0 Å². The largest absolute Gasteiger partial charge is 0.495 e. The van der Waals surface area contributed by atoms with Crippen LogP contribution < -0.4 is 4.74 Å². The summed E-state index contributed by atoms with van der Waals surface area (Å²) in [7, 11) is 1.66. The topological polar surface area (TPSA) is 26.3 Å². The lowest BCUT2D eigenvalue weighted by molar-refractivity contribution is -0.108. The Morgan fingerprint density at radius 1 is 1.50 bits per heavy atom. The fraction of sp³-hybridized carbons (Fsp3) is 0.462. The summed E-state index contributed by atoms with van der Waals surface area (Å²) in [6, 6.07) is 2.05. The maximum Gasteiger partial charge on any atom is 0.136 e. The van der Waals surface area contributed by atoms with Crippen LogP contribution in [0.3, 0.4) is 0 Å². The third-order valence-electron chi connectivity index (χ3n) is 2.95. The maximum absolute atomic E-state index is 10.6. The molecule has 3 heteroatoms. The molecule has 1 unspecified atom stereocenters. The van der Waals surface area contributed by atoms with E-state index < -0.39 is 0 Å². The van der Waals surface area contributed by atoms with Gasteiger partial charge in [0.05, 0.1) is 11.6 Å². The summed E-state index contributed by atoms with van der Waals surface area (Å²) in [6.45, 7) is 6.18. The van der Waals surface area contributed by atoms with E-state index in [1.54, 1.807) is 7.11 Å². The van der Waals surface area contributed by atoms with E-state index in [0.717, 1.165) is 22.1 Å². The summed E-state index contributed by atoms with van der Waals surface area (Å²) in [4.78, 5) is 10.6. The lowest BCUT2D eigenvalue weighted by atomic mass is 9.91. The standard InChI is InChI=1S/C13H17BrO2/c1-8(5-6-15)12-10(3)9(2)7-11(14)13(12)16-4/h6-8H,5H2,1-4H3. The zero-order chi connectivity index (χ0) is 12.3. The predicted octanol–water partition coefficient (Wildman–Crippen LogP) is 3.77. The van der Waals surface area contributed by atoms with Crippen molar-refractivity contribution in [3.05, 3.63) is 27.2 Å². The monoisotopic (exact) mass is 284 g/mol. The summed E-state index contributed by atoms with van der Waals surface area (Å²) < 4.78 is 6.37. The minimum Gasteiger partial charge on any atom is -0.495 e. The average molecular weight is 285 g/mol. The number of rotatable bonds is 4. The maximum atomic E-state index is 10.6. The number of aryl methyl sites for hydroxylation is 1. The second kappa shape index (κ2) is 5.48. The Hall–Kier alpha value is -0.830. The van der Waals surface area contributed by atoms with E-state index in [-0.39, 0.29) is 5.92 Å². The number of aldehydes is 1. The van der Waals surface area contributed by atoms with Gasteiger partial charge in [0.1, 0.15) is 12.0 Å². The Balaban J connectivity index is 3.37. The molecule has 0 aromatic heterocycles. The number of hydrogen-bond donors (Lipinski definition) is 0.